The fourth-order valence-corrected chi connectivity index (χ4v) is 2.67. The Hall–Kier alpha value is -0.730. The molecule has 1 aromatic rings. The van der Waals surface area contributed by atoms with E-state index in [2.05, 4.69) is 63.9 Å². The zero-order chi connectivity index (χ0) is 16.0. The Kier molecular flexibility index (Phi) is 7.55. The first-order valence-corrected chi connectivity index (χ1v) is 8.44. The second-order valence-corrected chi connectivity index (χ2v) is 7.44. The Bertz CT molecular complexity index is 417. The summed E-state index contributed by atoms with van der Waals surface area (Å²) >= 11 is 6.20. The lowest BCUT2D eigenvalue weighted by Gasteiger charge is -2.31. The van der Waals surface area contributed by atoms with Crippen LogP contribution in [0.3, 0.4) is 0 Å². The zero-order valence-corrected chi connectivity index (χ0v) is 15.2. The van der Waals surface area contributed by atoms with Crippen LogP contribution in [0.1, 0.15) is 47.1 Å². The average molecular weight is 311 g/mol. The summed E-state index contributed by atoms with van der Waals surface area (Å²) in [4.78, 5) is 2.50. The van der Waals surface area contributed by atoms with Crippen LogP contribution in [0.4, 0.5) is 5.69 Å². The number of benzene rings is 1. The lowest BCUT2D eigenvalue weighted by Crippen LogP contribution is -2.33. The molecule has 21 heavy (non-hydrogen) atoms. The molecule has 0 aliphatic carbocycles. The van der Waals surface area contributed by atoms with E-state index in [4.69, 9.17) is 11.6 Å². The third kappa shape index (κ3) is 6.71. The first-order valence-electron chi connectivity index (χ1n) is 8.06. The molecule has 0 spiro atoms. The van der Waals surface area contributed by atoms with E-state index < -0.39 is 0 Å². The minimum Gasteiger partial charge on any atom is -0.371 e. The first-order chi connectivity index (χ1) is 9.79. The van der Waals surface area contributed by atoms with Crippen LogP contribution >= 0.6 is 11.6 Å². The summed E-state index contributed by atoms with van der Waals surface area (Å²) in [5.41, 5.74) is 2.60. The van der Waals surface area contributed by atoms with Crippen molar-refractivity contribution in [1.82, 2.24) is 5.32 Å². The van der Waals surface area contributed by atoms with E-state index in [0.29, 0.717) is 17.9 Å². The molecule has 120 valence electrons. The van der Waals surface area contributed by atoms with Gasteiger partial charge in [-0.2, -0.15) is 0 Å². The van der Waals surface area contributed by atoms with Crippen molar-refractivity contribution in [3.05, 3.63) is 28.8 Å². The van der Waals surface area contributed by atoms with Gasteiger partial charge in [0.1, 0.15) is 0 Å². The normalized spacial score (nSPS) is 11.7. The molecule has 3 heteroatoms. The highest BCUT2D eigenvalue weighted by molar-refractivity contribution is 6.30. The SMILES string of the molecule is CC(C)CN(CC(C)C)c1ccc(Cl)cc1CNC(C)C. The van der Waals surface area contributed by atoms with Gasteiger partial charge in [0.15, 0.2) is 0 Å². The fourth-order valence-electron chi connectivity index (χ4n) is 2.47. The van der Waals surface area contributed by atoms with Crippen molar-refractivity contribution in [2.45, 2.75) is 54.1 Å². The van der Waals surface area contributed by atoms with E-state index >= 15 is 0 Å². The van der Waals surface area contributed by atoms with Gasteiger partial charge in [0.2, 0.25) is 0 Å². The van der Waals surface area contributed by atoms with Crippen LogP contribution in [0, 0.1) is 11.8 Å². The predicted molar refractivity (Wildman–Crippen MR) is 95.3 cm³/mol. The van der Waals surface area contributed by atoms with Crippen LogP contribution in [-0.2, 0) is 6.54 Å². The predicted octanol–water partition coefficient (Wildman–Crippen LogP) is 4.96. The molecule has 0 aromatic heterocycles. The molecule has 0 amide bonds. The summed E-state index contributed by atoms with van der Waals surface area (Å²) in [6.07, 6.45) is 0. The van der Waals surface area contributed by atoms with Gasteiger partial charge in [0.05, 0.1) is 0 Å². The number of nitrogens with one attached hydrogen (secondary N) is 1. The van der Waals surface area contributed by atoms with E-state index in [1.54, 1.807) is 0 Å². The van der Waals surface area contributed by atoms with Gasteiger partial charge in [-0.15, -0.1) is 0 Å². The molecule has 0 fully saturated rings. The Morgan fingerprint density at radius 1 is 1.00 bits per heavy atom. The standard InChI is InChI=1S/C18H31ClN2/c1-13(2)11-21(12-14(3)4)18-8-7-17(19)9-16(18)10-20-15(5)6/h7-9,13-15,20H,10-12H2,1-6H3. The number of hydrogen-bond donors (Lipinski definition) is 1. The molecule has 0 aliphatic rings. The van der Waals surface area contributed by atoms with Crippen LogP contribution in [0.5, 0.6) is 0 Å². The molecule has 0 radical (unpaired) electrons. The second kappa shape index (κ2) is 8.65. The molecule has 0 saturated heterocycles. The first kappa shape index (κ1) is 18.3. The molecule has 0 aliphatic heterocycles. The van der Waals surface area contributed by atoms with Crippen LogP contribution in [0.15, 0.2) is 18.2 Å². The summed E-state index contributed by atoms with van der Waals surface area (Å²) in [5.74, 6) is 1.29. The number of halogens is 1. The molecule has 2 nitrogen and oxygen atoms in total. The van der Waals surface area contributed by atoms with Gasteiger partial charge in [-0.05, 0) is 35.6 Å². The maximum absolute atomic E-state index is 6.20. The van der Waals surface area contributed by atoms with Gasteiger partial charge in [0, 0.05) is 36.4 Å². The second-order valence-electron chi connectivity index (χ2n) is 7.00. The third-order valence-electron chi connectivity index (χ3n) is 3.25. The van der Waals surface area contributed by atoms with Gasteiger partial charge in [-0.1, -0.05) is 53.1 Å². The number of anilines is 1. The average Bonchev–Trinajstić information content (AvgIpc) is 2.34. The molecular formula is C18H31ClN2. The van der Waals surface area contributed by atoms with Gasteiger partial charge < -0.3 is 10.2 Å². The molecular weight excluding hydrogens is 280 g/mol. The van der Waals surface area contributed by atoms with Crippen LogP contribution in [0.25, 0.3) is 0 Å². The highest BCUT2D eigenvalue weighted by Gasteiger charge is 2.14. The van der Waals surface area contributed by atoms with Crippen molar-refractivity contribution in [2.24, 2.45) is 11.8 Å². The van der Waals surface area contributed by atoms with Crippen molar-refractivity contribution >= 4 is 17.3 Å². The Morgan fingerprint density at radius 2 is 1.57 bits per heavy atom. The van der Waals surface area contributed by atoms with E-state index in [0.717, 1.165) is 24.7 Å². The third-order valence-corrected chi connectivity index (χ3v) is 3.49. The molecule has 0 unspecified atom stereocenters. The highest BCUT2D eigenvalue weighted by Crippen LogP contribution is 2.26. The number of rotatable bonds is 8. The topological polar surface area (TPSA) is 15.3 Å². The van der Waals surface area contributed by atoms with Gasteiger partial charge >= 0.3 is 0 Å². The summed E-state index contributed by atoms with van der Waals surface area (Å²) in [6, 6.07) is 6.74. The number of hydrogen-bond acceptors (Lipinski definition) is 2. The van der Waals surface area contributed by atoms with Crippen molar-refractivity contribution in [2.75, 3.05) is 18.0 Å². The molecule has 1 aromatic carbocycles. The van der Waals surface area contributed by atoms with Crippen LogP contribution in [-0.4, -0.2) is 19.1 Å². The maximum Gasteiger partial charge on any atom is 0.0413 e. The highest BCUT2D eigenvalue weighted by atomic mass is 35.5. The van der Waals surface area contributed by atoms with Crippen molar-refractivity contribution < 1.29 is 0 Å². The van der Waals surface area contributed by atoms with Crippen molar-refractivity contribution in [3.63, 3.8) is 0 Å². The van der Waals surface area contributed by atoms with Crippen molar-refractivity contribution in [1.29, 1.82) is 0 Å². The van der Waals surface area contributed by atoms with Crippen LogP contribution < -0.4 is 10.2 Å². The largest absolute Gasteiger partial charge is 0.371 e. The summed E-state index contributed by atoms with van der Waals surface area (Å²) < 4.78 is 0. The van der Waals surface area contributed by atoms with Gasteiger partial charge in [-0.25, -0.2) is 0 Å². The van der Waals surface area contributed by atoms with E-state index in [-0.39, 0.29) is 0 Å². The summed E-state index contributed by atoms with van der Waals surface area (Å²) in [5, 5.41) is 4.32. The van der Waals surface area contributed by atoms with Crippen LogP contribution in [0.2, 0.25) is 5.02 Å². The van der Waals surface area contributed by atoms with Crippen molar-refractivity contribution in [3.8, 4) is 0 Å². The van der Waals surface area contributed by atoms with Gasteiger partial charge in [-0.3, -0.25) is 0 Å². The minimum atomic E-state index is 0.473. The summed E-state index contributed by atoms with van der Waals surface area (Å²) in [6.45, 7) is 16.5. The molecule has 0 atom stereocenters. The minimum absolute atomic E-state index is 0.473. The zero-order valence-electron chi connectivity index (χ0n) is 14.4. The number of nitrogens with zero attached hydrogens (tertiary/aromatic N) is 1. The molecule has 1 N–H and O–H groups in total. The quantitative estimate of drug-likeness (QED) is 0.730. The molecule has 0 heterocycles. The molecule has 0 bridgehead atoms. The summed E-state index contributed by atoms with van der Waals surface area (Å²) in [7, 11) is 0. The Balaban J connectivity index is 3.03. The van der Waals surface area contributed by atoms with E-state index in [9.17, 15) is 0 Å². The molecule has 0 saturated carbocycles. The maximum atomic E-state index is 6.20. The fraction of sp³-hybridized carbons (Fsp3) is 0.667. The Labute approximate surface area is 135 Å². The van der Waals surface area contributed by atoms with Gasteiger partial charge in [0.25, 0.3) is 0 Å². The lowest BCUT2D eigenvalue weighted by molar-refractivity contribution is 0.546. The monoisotopic (exact) mass is 310 g/mol. The molecule has 1 rings (SSSR count). The Morgan fingerprint density at radius 3 is 2.05 bits per heavy atom. The van der Waals surface area contributed by atoms with E-state index in [1.165, 1.54) is 11.3 Å². The van der Waals surface area contributed by atoms with E-state index in [1.807, 2.05) is 6.07 Å². The lowest BCUT2D eigenvalue weighted by atomic mass is 10.1. The smallest absolute Gasteiger partial charge is 0.0413 e.